The van der Waals surface area contributed by atoms with E-state index in [1.165, 1.54) is 17.2 Å². The summed E-state index contributed by atoms with van der Waals surface area (Å²) in [5.41, 5.74) is 1.19. The number of piperidine rings is 1. The lowest BCUT2D eigenvalue weighted by molar-refractivity contribution is 0.173. The maximum Gasteiger partial charge on any atom is 0.175 e. The average molecular weight is 375 g/mol. The van der Waals surface area contributed by atoms with Gasteiger partial charge in [-0.25, -0.2) is 14.6 Å². The SMILES string of the molecule is Cn1ccc2c(OC3CCN(c4cncc(-n5cncn5)n4)CC3)cccc21. The first-order chi connectivity index (χ1) is 13.8. The second kappa shape index (κ2) is 6.95. The van der Waals surface area contributed by atoms with E-state index in [-0.39, 0.29) is 6.10 Å². The molecule has 1 fully saturated rings. The van der Waals surface area contributed by atoms with Gasteiger partial charge in [-0.1, -0.05) is 6.07 Å². The molecule has 0 aliphatic carbocycles. The van der Waals surface area contributed by atoms with Crippen molar-refractivity contribution in [2.45, 2.75) is 18.9 Å². The molecule has 1 saturated heterocycles. The topological polar surface area (TPSA) is 73.9 Å². The van der Waals surface area contributed by atoms with E-state index in [0.29, 0.717) is 5.82 Å². The molecule has 5 rings (SSSR count). The van der Waals surface area contributed by atoms with Gasteiger partial charge in [0.1, 0.15) is 30.3 Å². The molecule has 0 amide bonds. The highest BCUT2D eigenvalue weighted by Gasteiger charge is 2.23. The van der Waals surface area contributed by atoms with Gasteiger partial charge in [-0.3, -0.25) is 4.98 Å². The Kier molecular flexibility index (Phi) is 4.16. The minimum Gasteiger partial charge on any atom is -0.490 e. The Morgan fingerprint density at radius 2 is 1.89 bits per heavy atom. The normalized spacial score (nSPS) is 15.2. The van der Waals surface area contributed by atoms with E-state index in [2.05, 4.69) is 67.0 Å². The van der Waals surface area contributed by atoms with Crippen LogP contribution in [-0.4, -0.2) is 48.5 Å². The van der Waals surface area contributed by atoms with Gasteiger partial charge in [-0.2, -0.15) is 5.10 Å². The number of aryl methyl sites for hydroxylation is 1. The van der Waals surface area contributed by atoms with Gasteiger partial charge in [-0.05, 0) is 18.2 Å². The van der Waals surface area contributed by atoms with Crippen molar-refractivity contribution in [1.29, 1.82) is 0 Å². The van der Waals surface area contributed by atoms with Gasteiger partial charge in [0.05, 0.1) is 17.9 Å². The van der Waals surface area contributed by atoms with Crippen molar-refractivity contribution < 1.29 is 4.74 Å². The summed E-state index contributed by atoms with van der Waals surface area (Å²) in [5.74, 6) is 2.49. The Morgan fingerprint density at radius 1 is 1.04 bits per heavy atom. The number of benzene rings is 1. The predicted octanol–water partition coefficient (Wildman–Crippen LogP) is 2.60. The molecule has 0 saturated carbocycles. The fourth-order valence-corrected chi connectivity index (χ4v) is 3.69. The summed E-state index contributed by atoms with van der Waals surface area (Å²) >= 11 is 0. The Balaban J connectivity index is 1.27. The van der Waals surface area contributed by atoms with Crippen LogP contribution >= 0.6 is 0 Å². The third kappa shape index (κ3) is 3.06. The minimum atomic E-state index is 0.202. The summed E-state index contributed by atoms with van der Waals surface area (Å²) < 4.78 is 10.1. The standard InChI is InChI=1S/C20H21N7O/c1-25-8-7-16-17(25)3-2-4-18(16)28-15-5-9-26(10-6-15)19-11-21-12-20(24-19)27-14-22-13-23-27/h2-4,7-8,11-15H,5-6,9-10H2,1H3. The molecule has 8 heteroatoms. The minimum absolute atomic E-state index is 0.202. The van der Waals surface area contributed by atoms with Gasteiger partial charge < -0.3 is 14.2 Å². The molecule has 4 heterocycles. The third-order valence-corrected chi connectivity index (χ3v) is 5.21. The van der Waals surface area contributed by atoms with Crippen LogP contribution in [0, 0.1) is 0 Å². The van der Waals surface area contributed by atoms with Gasteiger partial charge in [0.15, 0.2) is 5.82 Å². The Morgan fingerprint density at radius 3 is 2.71 bits per heavy atom. The quantitative estimate of drug-likeness (QED) is 0.546. The number of rotatable bonds is 4. The van der Waals surface area contributed by atoms with Crippen LogP contribution in [0.1, 0.15) is 12.8 Å². The smallest absolute Gasteiger partial charge is 0.175 e. The zero-order valence-corrected chi connectivity index (χ0v) is 15.6. The van der Waals surface area contributed by atoms with E-state index in [9.17, 15) is 0 Å². The van der Waals surface area contributed by atoms with Crippen LogP contribution in [-0.2, 0) is 7.05 Å². The summed E-state index contributed by atoms with van der Waals surface area (Å²) in [6.07, 6.45) is 10.8. The molecule has 0 unspecified atom stereocenters. The summed E-state index contributed by atoms with van der Waals surface area (Å²) in [4.78, 5) is 15.2. The van der Waals surface area contributed by atoms with Crippen molar-refractivity contribution in [2.24, 2.45) is 7.05 Å². The number of hydrogen-bond acceptors (Lipinski definition) is 6. The number of anilines is 1. The number of hydrogen-bond donors (Lipinski definition) is 0. The van der Waals surface area contributed by atoms with Crippen LogP contribution in [0.25, 0.3) is 16.7 Å². The van der Waals surface area contributed by atoms with Crippen LogP contribution in [0.4, 0.5) is 5.82 Å². The summed E-state index contributed by atoms with van der Waals surface area (Å²) in [5, 5.41) is 5.29. The number of ether oxygens (including phenoxy) is 1. The van der Waals surface area contributed by atoms with Gasteiger partial charge >= 0.3 is 0 Å². The summed E-state index contributed by atoms with van der Waals surface area (Å²) in [7, 11) is 2.05. The summed E-state index contributed by atoms with van der Waals surface area (Å²) in [6, 6.07) is 8.34. The van der Waals surface area contributed by atoms with Crippen molar-refractivity contribution in [3.05, 3.63) is 55.5 Å². The largest absolute Gasteiger partial charge is 0.490 e. The molecule has 1 aliphatic heterocycles. The van der Waals surface area contributed by atoms with E-state index < -0.39 is 0 Å². The van der Waals surface area contributed by atoms with E-state index in [0.717, 1.165) is 37.5 Å². The maximum absolute atomic E-state index is 6.35. The van der Waals surface area contributed by atoms with E-state index in [4.69, 9.17) is 4.74 Å². The van der Waals surface area contributed by atoms with Crippen LogP contribution in [0.15, 0.2) is 55.5 Å². The first-order valence-corrected chi connectivity index (χ1v) is 9.40. The molecule has 3 aromatic heterocycles. The van der Waals surface area contributed by atoms with Crippen LogP contribution in [0.3, 0.4) is 0 Å². The van der Waals surface area contributed by atoms with Crippen LogP contribution < -0.4 is 9.64 Å². The van der Waals surface area contributed by atoms with E-state index in [1.54, 1.807) is 23.4 Å². The summed E-state index contributed by atoms with van der Waals surface area (Å²) in [6.45, 7) is 1.76. The molecule has 0 atom stereocenters. The van der Waals surface area contributed by atoms with Crippen molar-refractivity contribution in [2.75, 3.05) is 18.0 Å². The van der Waals surface area contributed by atoms with E-state index in [1.807, 2.05) is 0 Å². The molecule has 1 aromatic carbocycles. The number of nitrogens with zero attached hydrogens (tertiary/aromatic N) is 7. The molecule has 1 aliphatic rings. The average Bonchev–Trinajstić information content (AvgIpc) is 3.40. The Hall–Kier alpha value is -3.42. The van der Waals surface area contributed by atoms with E-state index >= 15 is 0 Å². The van der Waals surface area contributed by atoms with Crippen molar-refractivity contribution in [1.82, 2.24) is 29.3 Å². The zero-order chi connectivity index (χ0) is 18.9. The fourth-order valence-electron chi connectivity index (χ4n) is 3.69. The molecule has 0 bridgehead atoms. The van der Waals surface area contributed by atoms with Crippen LogP contribution in [0.5, 0.6) is 5.75 Å². The highest BCUT2D eigenvalue weighted by molar-refractivity contribution is 5.86. The molecule has 8 nitrogen and oxygen atoms in total. The number of aromatic nitrogens is 6. The highest BCUT2D eigenvalue weighted by Crippen LogP contribution is 2.29. The molecule has 0 spiro atoms. The first kappa shape index (κ1) is 16.7. The van der Waals surface area contributed by atoms with Crippen molar-refractivity contribution in [3.8, 4) is 11.6 Å². The molecule has 0 N–H and O–H groups in total. The fraction of sp³-hybridized carbons (Fsp3) is 0.300. The van der Waals surface area contributed by atoms with Crippen LogP contribution in [0.2, 0.25) is 0 Å². The van der Waals surface area contributed by atoms with Gasteiger partial charge in [-0.15, -0.1) is 0 Å². The first-order valence-electron chi connectivity index (χ1n) is 9.40. The molecular formula is C20H21N7O. The third-order valence-electron chi connectivity index (χ3n) is 5.21. The molecule has 4 aromatic rings. The Bertz CT molecular complexity index is 1080. The van der Waals surface area contributed by atoms with Crippen molar-refractivity contribution in [3.63, 3.8) is 0 Å². The van der Waals surface area contributed by atoms with Crippen molar-refractivity contribution >= 4 is 16.7 Å². The zero-order valence-electron chi connectivity index (χ0n) is 15.6. The van der Waals surface area contributed by atoms with Gasteiger partial charge in [0, 0.05) is 44.6 Å². The molecule has 28 heavy (non-hydrogen) atoms. The lowest BCUT2D eigenvalue weighted by Crippen LogP contribution is -2.38. The lowest BCUT2D eigenvalue weighted by Gasteiger charge is -2.33. The van der Waals surface area contributed by atoms with Gasteiger partial charge in [0.2, 0.25) is 0 Å². The Labute approximate surface area is 162 Å². The lowest BCUT2D eigenvalue weighted by atomic mass is 10.1. The molecule has 0 radical (unpaired) electrons. The monoisotopic (exact) mass is 375 g/mol. The second-order valence-corrected chi connectivity index (χ2v) is 7.00. The molecular weight excluding hydrogens is 354 g/mol. The maximum atomic E-state index is 6.35. The second-order valence-electron chi connectivity index (χ2n) is 7.00. The molecule has 142 valence electrons. The number of fused-ring (bicyclic) bond motifs is 1. The van der Waals surface area contributed by atoms with Gasteiger partial charge in [0.25, 0.3) is 0 Å². The highest BCUT2D eigenvalue weighted by atomic mass is 16.5. The predicted molar refractivity (Wildman–Crippen MR) is 106 cm³/mol.